The second kappa shape index (κ2) is 4.52. The van der Waals surface area contributed by atoms with E-state index in [9.17, 15) is 4.79 Å². The summed E-state index contributed by atoms with van der Waals surface area (Å²) >= 11 is 0. The van der Waals surface area contributed by atoms with Gasteiger partial charge in [0.25, 0.3) is 0 Å². The zero-order valence-corrected chi connectivity index (χ0v) is 11.7. The van der Waals surface area contributed by atoms with Crippen molar-refractivity contribution >= 4 is 5.97 Å². The van der Waals surface area contributed by atoms with Crippen molar-refractivity contribution in [2.45, 2.75) is 51.6 Å². The monoisotopic (exact) mass is 256 g/mol. The largest absolute Gasteiger partial charge is 0.446 e. The summed E-state index contributed by atoms with van der Waals surface area (Å²) in [6, 6.07) is 8.43. The lowest BCUT2D eigenvalue weighted by Gasteiger charge is -2.36. The molecule has 0 saturated carbocycles. The second-order valence-electron chi connectivity index (χ2n) is 5.39. The van der Waals surface area contributed by atoms with Crippen molar-refractivity contribution in [1.82, 2.24) is 0 Å². The summed E-state index contributed by atoms with van der Waals surface area (Å²) in [5.41, 5.74) is 4.22. The first-order valence-electron chi connectivity index (χ1n) is 7.27. The smallest absolute Gasteiger partial charge is 0.335 e. The zero-order valence-electron chi connectivity index (χ0n) is 11.7. The standard InChI is InChI=1S/C17H20O2/c1-3-13-14(4-2)17(19-16(13)18)11-7-9-12-8-5-6-10-15(12)17/h5-6,8,10H,3-4,7,9,11H2,1-2H3. The topological polar surface area (TPSA) is 26.3 Å². The third-order valence-corrected chi connectivity index (χ3v) is 4.50. The van der Waals surface area contributed by atoms with Crippen LogP contribution in [0.1, 0.15) is 50.7 Å². The molecule has 0 saturated heterocycles. The van der Waals surface area contributed by atoms with E-state index in [1.165, 1.54) is 16.7 Å². The van der Waals surface area contributed by atoms with Crippen LogP contribution < -0.4 is 0 Å². The van der Waals surface area contributed by atoms with Gasteiger partial charge in [0.05, 0.1) is 0 Å². The van der Waals surface area contributed by atoms with Crippen molar-refractivity contribution in [2.24, 2.45) is 0 Å². The number of carbonyl (C=O) groups is 1. The van der Waals surface area contributed by atoms with Gasteiger partial charge in [-0.25, -0.2) is 4.79 Å². The van der Waals surface area contributed by atoms with E-state index in [0.29, 0.717) is 0 Å². The van der Waals surface area contributed by atoms with Crippen LogP contribution in [0.25, 0.3) is 0 Å². The molecule has 19 heavy (non-hydrogen) atoms. The van der Waals surface area contributed by atoms with Crippen molar-refractivity contribution in [3.8, 4) is 0 Å². The Kier molecular flexibility index (Phi) is 2.96. The lowest BCUT2D eigenvalue weighted by atomic mass is 9.73. The molecule has 2 aliphatic rings. The van der Waals surface area contributed by atoms with Gasteiger partial charge in [-0.3, -0.25) is 0 Å². The van der Waals surface area contributed by atoms with Crippen LogP contribution in [0.3, 0.4) is 0 Å². The van der Waals surface area contributed by atoms with E-state index in [1.807, 2.05) is 6.92 Å². The van der Waals surface area contributed by atoms with Crippen LogP contribution in [0.2, 0.25) is 0 Å². The molecule has 100 valence electrons. The van der Waals surface area contributed by atoms with Crippen LogP contribution in [0.4, 0.5) is 0 Å². The van der Waals surface area contributed by atoms with Gasteiger partial charge in [0.15, 0.2) is 5.60 Å². The highest BCUT2D eigenvalue weighted by atomic mass is 16.6. The number of fused-ring (bicyclic) bond motifs is 2. The Bertz CT molecular complexity index is 556. The summed E-state index contributed by atoms with van der Waals surface area (Å²) in [5.74, 6) is -0.101. The highest BCUT2D eigenvalue weighted by molar-refractivity contribution is 5.93. The molecule has 1 aliphatic heterocycles. The third-order valence-electron chi connectivity index (χ3n) is 4.50. The Hall–Kier alpha value is -1.57. The lowest BCUT2D eigenvalue weighted by Crippen LogP contribution is -2.33. The Morgan fingerprint density at radius 3 is 2.74 bits per heavy atom. The SMILES string of the molecule is CCC1=C(CC)C2(CCCc3ccccc32)OC1=O. The number of carbonyl (C=O) groups excluding carboxylic acids is 1. The number of benzene rings is 1. The number of hydrogen-bond acceptors (Lipinski definition) is 2. The Balaban J connectivity index is 2.21. The van der Waals surface area contributed by atoms with E-state index in [4.69, 9.17) is 4.74 Å². The van der Waals surface area contributed by atoms with Gasteiger partial charge < -0.3 is 4.74 Å². The van der Waals surface area contributed by atoms with Crippen LogP contribution in [-0.4, -0.2) is 5.97 Å². The molecule has 1 atom stereocenters. The van der Waals surface area contributed by atoms with E-state index in [0.717, 1.165) is 37.7 Å². The molecule has 1 aliphatic carbocycles. The van der Waals surface area contributed by atoms with Gasteiger partial charge in [-0.05, 0) is 43.2 Å². The quantitative estimate of drug-likeness (QED) is 0.750. The molecule has 1 heterocycles. The van der Waals surface area contributed by atoms with Gasteiger partial charge in [-0.15, -0.1) is 0 Å². The zero-order chi connectivity index (χ0) is 13.5. The van der Waals surface area contributed by atoms with E-state index in [2.05, 4.69) is 31.2 Å². The van der Waals surface area contributed by atoms with Crippen molar-refractivity contribution in [3.63, 3.8) is 0 Å². The predicted octanol–water partition coefficient (Wildman–Crippen LogP) is 3.89. The number of ether oxygens (including phenoxy) is 1. The van der Waals surface area contributed by atoms with E-state index >= 15 is 0 Å². The fourth-order valence-corrected chi connectivity index (χ4v) is 3.72. The van der Waals surface area contributed by atoms with Crippen molar-refractivity contribution in [2.75, 3.05) is 0 Å². The number of aryl methyl sites for hydroxylation is 1. The normalized spacial score (nSPS) is 25.7. The highest BCUT2D eigenvalue weighted by Gasteiger charge is 2.49. The van der Waals surface area contributed by atoms with Gasteiger partial charge >= 0.3 is 5.97 Å². The second-order valence-corrected chi connectivity index (χ2v) is 5.39. The van der Waals surface area contributed by atoms with Crippen LogP contribution >= 0.6 is 0 Å². The average Bonchev–Trinajstić information content (AvgIpc) is 2.71. The fraction of sp³-hybridized carbons (Fsp3) is 0.471. The lowest BCUT2D eigenvalue weighted by molar-refractivity contribution is -0.149. The molecule has 1 unspecified atom stereocenters. The molecular weight excluding hydrogens is 236 g/mol. The molecule has 0 N–H and O–H groups in total. The maximum absolute atomic E-state index is 12.2. The van der Waals surface area contributed by atoms with Gasteiger partial charge in [0, 0.05) is 11.1 Å². The maximum atomic E-state index is 12.2. The summed E-state index contributed by atoms with van der Waals surface area (Å²) in [7, 11) is 0. The first-order valence-corrected chi connectivity index (χ1v) is 7.27. The van der Waals surface area contributed by atoms with Crippen molar-refractivity contribution in [3.05, 3.63) is 46.5 Å². The molecule has 1 aromatic carbocycles. The van der Waals surface area contributed by atoms with Crippen LogP contribution in [-0.2, 0) is 21.6 Å². The molecule has 0 radical (unpaired) electrons. The molecule has 1 spiro atoms. The molecule has 0 fully saturated rings. The number of hydrogen-bond donors (Lipinski definition) is 0. The first-order chi connectivity index (χ1) is 9.23. The van der Waals surface area contributed by atoms with Gasteiger partial charge in [0.1, 0.15) is 0 Å². The van der Waals surface area contributed by atoms with Crippen LogP contribution in [0.15, 0.2) is 35.4 Å². The maximum Gasteiger partial charge on any atom is 0.335 e. The minimum Gasteiger partial charge on any atom is -0.446 e. The molecule has 2 nitrogen and oxygen atoms in total. The van der Waals surface area contributed by atoms with Gasteiger partial charge in [-0.2, -0.15) is 0 Å². The van der Waals surface area contributed by atoms with E-state index < -0.39 is 5.60 Å². The number of esters is 1. The number of rotatable bonds is 2. The summed E-state index contributed by atoms with van der Waals surface area (Å²) < 4.78 is 5.91. The molecule has 0 amide bonds. The summed E-state index contributed by atoms with van der Waals surface area (Å²) in [5, 5.41) is 0. The minimum atomic E-state index is -0.452. The molecular formula is C17H20O2. The average molecular weight is 256 g/mol. The van der Waals surface area contributed by atoms with Crippen molar-refractivity contribution in [1.29, 1.82) is 0 Å². The van der Waals surface area contributed by atoms with E-state index in [-0.39, 0.29) is 5.97 Å². The fourth-order valence-electron chi connectivity index (χ4n) is 3.72. The summed E-state index contributed by atoms with van der Waals surface area (Å²) in [6.07, 6.45) is 4.77. The summed E-state index contributed by atoms with van der Waals surface area (Å²) in [6.45, 7) is 4.17. The van der Waals surface area contributed by atoms with Crippen LogP contribution in [0, 0.1) is 0 Å². The molecule has 3 rings (SSSR count). The Morgan fingerprint density at radius 2 is 2.00 bits per heavy atom. The van der Waals surface area contributed by atoms with Crippen molar-refractivity contribution < 1.29 is 9.53 Å². The summed E-state index contributed by atoms with van der Waals surface area (Å²) in [4.78, 5) is 12.2. The Labute approximate surface area is 114 Å². The van der Waals surface area contributed by atoms with Gasteiger partial charge in [-0.1, -0.05) is 38.1 Å². The van der Waals surface area contributed by atoms with Crippen LogP contribution in [0.5, 0.6) is 0 Å². The molecule has 0 aromatic heterocycles. The molecule has 1 aromatic rings. The highest BCUT2D eigenvalue weighted by Crippen LogP contribution is 2.50. The minimum absolute atomic E-state index is 0.101. The Morgan fingerprint density at radius 1 is 1.21 bits per heavy atom. The molecule has 0 bridgehead atoms. The third kappa shape index (κ3) is 1.66. The molecule has 2 heteroatoms. The predicted molar refractivity (Wildman–Crippen MR) is 74.8 cm³/mol. The first kappa shape index (κ1) is 12.5. The van der Waals surface area contributed by atoms with E-state index in [1.54, 1.807) is 0 Å². The van der Waals surface area contributed by atoms with Gasteiger partial charge in [0.2, 0.25) is 0 Å².